The minimum absolute atomic E-state index is 0.214. The number of nitrogens with one attached hydrogen (secondary N) is 2. The highest BCUT2D eigenvalue weighted by molar-refractivity contribution is 7.22. The van der Waals surface area contributed by atoms with E-state index in [-0.39, 0.29) is 12.4 Å². The highest BCUT2D eigenvalue weighted by Gasteiger charge is 2.38. The van der Waals surface area contributed by atoms with Crippen molar-refractivity contribution in [1.82, 2.24) is 30.0 Å². The molecule has 2 aromatic carbocycles. The summed E-state index contributed by atoms with van der Waals surface area (Å²) in [6.45, 7) is 5.16. The Morgan fingerprint density at radius 3 is 2.62 bits per heavy atom. The molecule has 0 saturated carbocycles. The molecule has 0 spiro atoms. The largest absolute Gasteiger partial charge is 0.490 e. The van der Waals surface area contributed by atoms with E-state index in [9.17, 15) is 22.7 Å². The van der Waals surface area contributed by atoms with Crippen molar-refractivity contribution >= 4 is 50.6 Å². The zero-order valence-electron chi connectivity index (χ0n) is 26.4. The van der Waals surface area contributed by atoms with E-state index in [1.54, 1.807) is 41.9 Å². The van der Waals surface area contributed by atoms with Gasteiger partial charge in [0.05, 0.1) is 28.8 Å². The second kappa shape index (κ2) is 15.3. The second-order valence-electron chi connectivity index (χ2n) is 11.7. The van der Waals surface area contributed by atoms with Crippen LogP contribution >= 0.6 is 22.9 Å². The summed E-state index contributed by atoms with van der Waals surface area (Å²) in [6.07, 6.45) is -0.285. The molecule has 0 radical (unpaired) electrons. The number of hydrogen-bond donors (Lipinski definition) is 4. The molecule has 11 nitrogen and oxygen atoms in total. The molecule has 2 aliphatic rings. The van der Waals surface area contributed by atoms with Gasteiger partial charge in [0.15, 0.2) is 0 Å². The van der Waals surface area contributed by atoms with Crippen molar-refractivity contribution < 1.29 is 37.3 Å². The number of carbonyl (C=O) groups is 1. The van der Waals surface area contributed by atoms with Gasteiger partial charge in [0, 0.05) is 55.0 Å². The van der Waals surface area contributed by atoms with Crippen LogP contribution in [0.25, 0.3) is 20.7 Å². The Bertz CT molecular complexity index is 1980. The van der Waals surface area contributed by atoms with E-state index in [4.69, 9.17) is 31.3 Å². The van der Waals surface area contributed by atoms with Gasteiger partial charge in [-0.15, -0.1) is 11.3 Å². The molecular weight excluding hydrogens is 702 g/mol. The fourth-order valence-corrected chi connectivity index (χ4v) is 7.26. The fraction of sp³-hybridized carbons (Fsp3) is 0.333. The molecule has 5 aromatic rings. The van der Waals surface area contributed by atoms with E-state index in [0.717, 1.165) is 76.6 Å². The number of rotatable bonds is 9. The third kappa shape index (κ3) is 8.50. The summed E-state index contributed by atoms with van der Waals surface area (Å²) in [4.78, 5) is 22.4. The van der Waals surface area contributed by atoms with Gasteiger partial charge < -0.3 is 25.6 Å². The van der Waals surface area contributed by atoms with E-state index in [0.29, 0.717) is 29.7 Å². The maximum atomic E-state index is 13.5. The highest BCUT2D eigenvalue weighted by atomic mass is 35.5. The number of anilines is 2. The molecule has 17 heteroatoms. The average Bonchev–Trinajstić information content (AvgIpc) is 3.66. The molecule has 0 unspecified atom stereocenters. The normalized spacial score (nSPS) is 15.1. The standard InChI is InChI=1S/C31H31ClFN7O2S.C2HF3O2/c32-25-13-21(4-7-27(25)42-17-19-2-1-3-20(33)12-19)37-30-28-23-5-6-26-24(29(23)43-31(28)36-18-35-30)16-40(38-26)15-22(41)14-39-10-8-34-9-11-39;3-2(4,5)1(6)7/h1-4,7,12-13,16,18,22,34,41H,5-6,8-11,14-15,17H2,(H,35,36,37);(H,6,7)/t22-;/m1./s1. The van der Waals surface area contributed by atoms with Gasteiger partial charge in [-0.05, 0) is 54.3 Å². The van der Waals surface area contributed by atoms with Crippen LogP contribution in [0.2, 0.25) is 5.02 Å². The zero-order chi connectivity index (χ0) is 35.4. The number of benzene rings is 2. The van der Waals surface area contributed by atoms with Crippen molar-refractivity contribution in [1.29, 1.82) is 0 Å². The third-order valence-electron chi connectivity index (χ3n) is 8.08. The van der Waals surface area contributed by atoms with Crippen LogP contribution in [-0.4, -0.2) is 85.8 Å². The maximum Gasteiger partial charge on any atom is 0.490 e. The average molecular weight is 734 g/mol. The van der Waals surface area contributed by atoms with Crippen molar-refractivity contribution in [2.75, 3.05) is 38.0 Å². The summed E-state index contributed by atoms with van der Waals surface area (Å²) in [5, 5.41) is 30.9. The number of aryl methyl sites for hydroxylation is 2. The SMILES string of the molecule is O=C(O)C(F)(F)F.O[C@H](CN1CCNCC1)Cn1cc2c(n1)CCc1c-2sc2ncnc(Nc3ccc(OCc4cccc(F)c4)c(Cl)c3)c12. The number of carboxylic acid groups (broad SMARTS) is 1. The third-order valence-corrected chi connectivity index (χ3v) is 9.55. The van der Waals surface area contributed by atoms with Crippen LogP contribution in [0.5, 0.6) is 5.75 Å². The van der Waals surface area contributed by atoms with E-state index < -0.39 is 18.2 Å². The lowest BCUT2D eigenvalue weighted by Gasteiger charge is -2.29. The Labute approximate surface area is 292 Å². The lowest BCUT2D eigenvalue weighted by Crippen LogP contribution is -2.46. The quantitative estimate of drug-likeness (QED) is 0.140. The Morgan fingerprint density at radius 1 is 1.12 bits per heavy atom. The number of aliphatic hydroxyl groups excluding tert-OH is 1. The van der Waals surface area contributed by atoms with Gasteiger partial charge in [-0.2, -0.15) is 18.3 Å². The lowest BCUT2D eigenvalue weighted by atomic mass is 9.95. The van der Waals surface area contributed by atoms with Crippen molar-refractivity contribution in [3.05, 3.63) is 82.6 Å². The van der Waals surface area contributed by atoms with Crippen molar-refractivity contribution in [2.24, 2.45) is 0 Å². The van der Waals surface area contributed by atoms with E-state index >= 15 is 0 Å². The van der Waals surface area contributed by atoms with Gasteiger partial charge in [-0.25, -0.2) is 19.2 Å². The number of thiophene rings is 1. The van der Waals surface area contributed by atoms with Gasteiger partial charge in [0.2, 0.25) is 0 Å². The van der Waals surface area contributed by atoms with Crippen LogP contribution in [0.3, 0.4) is 0 Å². The first-order valence-corrected chi connectivity index (χ1v) is 16.8. The molecule has 1 aliphatic carbocycles. The lowest BCUT2D eigenvalue weighted by molar-refractivity contribution is -0.192. The maximum absolute atomic E-state index is 13.5. The van der Waals surface area contributed by atoms with Crippen LogP contribution in [0.4, 0.5) is 29.1 Å². The zero-order valence-corrected chi connectivity index (χ0v) is 28.0. The van der Waals surface area contributed by atoms with Gasteiger partial charge in [-0.1, -0.05) is 23.7 Å². The molecule has 1 aliphatic heterocycles. The van der Waals surface area contributed by atoms with Gasteiger partial charge in [0.25, 0.3) is 0 Å². The molecule has 1 fully saturated rings. The first-order chi connectivity index (χ1) is 23.9. The smallest absolute Gasteiger partial charge is 0.487 e. The number of halogens is 5. The molecule has 4 N–H and O–H groups in total. The summed E-state index contributed by atoms with van der Waals surface area (Å²) in [5.41, 5.74) is 4.86. The minimum atomic E-state index is -5.08. The molecular formula is C33H32ClF4N7O4S. The van der Waals surface area contributed by atoms with Crippen molar-refractivity contribution in [3.8, 4) is 16.2 Å². The first kappa shape index (κ1) is 35.5. The summed E-state index contributed by atoms with van der Waals surface area (Å²) in [7, 11) is 0. The first-order valence-electron chi connectivity index (χ1n) is 15.6. The fourth-order valence-electron chi connectivity index (χ4n) is 5.80. The van der Waals surface area contributed by atoms with E-state index in [1.807, 2.05) is 10.7 Å². The number of β-amino-alcohol motifs (C(OH)–C–C–N with tert-alkyl or cyclic N) is 1. The second-order valence-corrected chi connectivity index (χ2v) is 13.1. The van der Waals surface area contributed by atoms with E-state index in [1.165, 1.54) is 17.7 Å². The van der Waals surface area contributed by atoms with Crippen LogP contribution in [-0.2, 0) is 30.8 Å². The van der Waals surface area contributed by atoms with Gasteiger partial charge in [-0.3, -0.25) is 9.58 Å². The Hall–Kier alpha value is -4.35. The predicted octanol–water partition coefficient (Wildman–Crippen LogP) is 5.67. The molecule has 1 atom stereocenters. The molecule has 7 rings (SSSR count). The van der Waals surface area contributed by atoms with Gasteiger partial charge in [0.1, 0.15) is 35.1 Å². The number of piperazine rings is 1. The summed E-state index contributed by atoms with van der Waals surface area (Å²) in [5.74, 6) is -1.83. The number of carboxylic acids is 1. The number of fused-ring (bicyclic) bond motifs is 5. The Morgan fingerprint density at radius 2 is 1.90 bits per heavy atom. The molecule has 3 aromatic heterocycles. The minimum Gasteiger partial charge on any atom is -0.487 e. The van der Waals surface area contributed by atoms with E-state index in [2.05, 4.69) is 31.7 Å². The number of aromatic nitrogens is 4. The molecule has 264 valence electrons. The number of aliphatic carboxylic acids is 1. The van der Waals surface area contributed by atoms with Crippen LogP contribution in [0.1, 0.15) is 16.8 Å². The van der Waals surface area contributed by atoms with Crippen LogP contribution < -0.4 is 15.4 Å². The number of hydrogen-bond acceptors (Lipinski definition) is 10. The number of aliphatic hydroxyl groups is 1. The van der Waals surface area contributed by atoms with Crippen LogP contribution in [0, 0.1) is 5.82 Å². The van der Waals surface area contributed by atoms with Crippen molar-refractivity contribution in [3.63, 3.8) is 0 Å². The monoisotopic (exact) mass is 733 g/mol. The summed E-state index contributed by atoms with van der Waals surface area (Å²) in [6, 6.07) is 11.8. The predicted molar refractivity (Wildman–Crippen MR) is 181 cm³/mol. The Balaban J connectivity index is 0.000000561. The molecule has 0 amide bonds. The topological polar surface area (TPSA) is 138 Å². The molecule has 0 bridgehead atoms. The summed E-state index contributed by atoms with van der Waals surface area (Å²) < 4.78 is 53.0. The highest BCUT2D eigenvalue weighted by Crippen LogP contribution is 2.45. The van der Waals surface area contributed by atoms with Gasteiger partial charge >= 0.3 is 12.1 Å². The molecule has 4 heterocycles. The summed E-state index contributed by atoms with van der Waals surface area (Å²) >= 11 is 8.20. The Kier molecular flexibility index (Phi) is 10.8. The molecule has 50 heavy (non-hydrogen) atoms. The molecule has 1 saturated heterocycles. The number of ether oxygens (including phenoxy) is 1. The number of nitrogens with zero attached hydrogens (tertiary/aromatic N) is 5. The number of alkyl halides is 3. The van der Waals surface area contributed by atoms with Crippen molar-refractivity contribution in [2.45, 2.75) is 38.3 Å². The van der Waals surface area contributed by atoms with Crippen LogP contribution in [0.15, 0.2) is 55.0 Å².